The number of nitrogens with zero attached hydrogens (tertiary/aromatic N) is 1. The first-order chi connectivity index (χ1) is 13.7. The lowest BCUT2D eigenvalue weighted by Gasteiger charge is -2.32. The lowest BCUT2D eigenvalue weighted by molar-refractivity contribution is -0.116. The van der Waals surface area contributed by atoms with E-state index in [1.54, 1.807) is 22.7 Å². The SMILES string of the molecule is COc1cc(OC)c(NS(=O)(=O)c2ccc3c(c2)N(C(C)=O)C[C@@H](C)S3)cc1Cl. The highest BCUT2D eigenvalue weighted by Gasteiger charge is 2.27. The molecule has 1 heterocycles. The van der Waals surface area contributed by atoms with E-state index >= 15 is 0 Å². The first kappa shape index (κ1) is 21.6. The highest BCUT2D eigenvalue weighted by Crippen LogP contribution is 2.41. The van der Waals surface area contributed by atoms with Crippen LogP contribution in [0.1, 0.15) is 13.8 Å². The molecule has 0 radical (unpaired) electrons. The number of amides is 1. The van der Waals surface area contributed by atoms with Crippen LogP contribution < -0.4 is 19.1 Å². The van der Waals surface area contributed by atoms with E-state index in [0.717, 1.165) is 4.90 Å². The van der Waals surface area contributed by atoms with Gasteiger partial charge in [-0.3, -0.25) is 9.52 Å². The van der Waals surface area contributed by atoms with Gasteiger partial charge < -0.3 is 14.4 Å². The van der Waals surface area contributed by atoms with Gasteiger partial charge in [-0.2, -0.15) is 0 Å². The monoisotopic (exact) mass is 456 g/mol. The van der Waals surface area contributed by atoms with Gasteiger partial charge in [-0.25, -0.2) is 8.42 Å². The normalized spacial score (nSPS) is 16.2. The van der Waals surface area contributed by atoms with Crippen LogP contribution in [0.4, 0.5) is 11.4 Å². The van der Waals surface area contributed by atoms with Crippen molar-refractivity contribution < 1.29 is 22.7 Å². The van der Waals surface area contributed by atoms with Crippen LogP contribution in [0.25, 0.3) is 0 Å². The number of ether oxygens (including phenoxy) is 2. The molecule has 1 N–H and O–H groups in total. The van der Waals surface area contributed by atoms with Gasteiger partial charge in [0.05, 0.1) is 35.5 Å². The summed E-state index contributed by atoms with van der Waals surface area (Å²) in [5.41, 5.74) is 0.769. The molecule has 0 aromatic heterocycles. The van der Waals surface area contributed by atoms with Crippen LogP contribution in [0, 0.1) is 0 Å². The predicted octanol–water partition coefficient (Wildman–Crippen LogP) is 4.01. The third kappa shape index (κ3) is 4.41. The highest BCUT2D eigenvalue weighted by atomic mass is 35.5. The Morgan fingerprint density at radius 2 is 1.90 bits per heavy atom. The van der Waals surface area contributed by atoms with Crippen molar-refractivity contribution in [2.75, 3.05) is 30.4 Å². The average molecular weight is 457 g/mol. The Labute approximate surface area is 179 Å². The summed E-state index contributed by atoms with van der Waals surface area (Å²) in [6.07, 6.45) is 0. The Morgan fingerprint density at radius 1 is 1.21 bits per heavy atom. The molecule has 2 aromatic carbocycles. The molecule has 1 aliphatic heterocycles. The van der Waals surface area contributed by atoms with Crippen LogP contribution in [-0.4, -0.2) is 40.3 Å². The van der Waals surface area contributed by atoms with Crippen molar-refractivity contribution in [2.24, 2.45) is 0 Å². The second kappa shape index (κ2) is 8.33. The zero-order valence-electron chi connectivity index (χ0n) is 16.4. The number of benzene rings is 2. The molecule has 156 valence electrons. The summed E-state index contributed by atoms with van der Waals surface area (Å²) in [6, 6.07) is 7.67. The number of halogens is 1. The van der Waals surface area contributed by atoms with E-state index in [2.05, 4.69) is 4.72 Å². The van der Waals surface area contributed by atoms with Gasteiger partial charge in [0.25, 0.3) is 10.0 Å². The number of carbonyl (C=O) groups excluding carboxylic acids is 1. The van der Waals surface area contributed by atoms with Crippen LogP contribution in [0.3, 0.4) is 0 Å². The minimum Gasteiger partial charge on any atom is -0.495 e. The van der Waals surface area contributed by atoms with Gasteiger partial charge in [0.2, 0.25) is 5.91 Å². The van der Waals surface area contributed by atoms with Crippen LogP contribution >= 0.6 is 23.4 Å². The fourth-order valence-electron chi connectivity index (χ4n) is 3.03. The number of hydrogen-bond acceptors (Lipinski definition) is 6. The van der Waals surface area contributed by atoms with Gasteiger partial charge in [0, 0.05) is 29.7 Å². The van der Waals surface area contributed by atoms with Crippen LogP contribution in [-0.2, 0) is 14.8 Å². The molecular weight excluding hydrogens is 436 g/mol. The molecule has 0 bridgehead atoms. The van der Waals surface area contributed by atoms with Gasteiger partial charge in [0.15, 0.2) is 0 Å². The smallest absolute Gasteiger partial charge is 0.262 e. The molecule has 1 amide bonds. The van der Waals surface area contributed by atoms with Crippen molar-refractivity contribution in [3.05, 3.63) is 35.4 Å². The summed E-state index contributed by atoms with van der Waals surface area (Å²) in [7, 11) is -1.08. The average Bonchev–Trinajstić information content (AvgIpc) is 2.66. The molecule has 29 heavy (non-hydrogen) atoms. The van der Waals surface area contributed by atoms with Crippen LogP contribution in [0.15, 0.2) is 40.1 Å². The molecule has 10 heteroatoms. The van der Waals surface area contributed by atoms with Gasteiger partial charge in [-0.1, -0.05) is 18.5 Å². The fraction of sp³-hybridized carbons (Fsp3) is 0.316. The molecule has 0 aliphatic carbocycles. The standard InChI is InChI=1S/C19H21ClN2O5S2/c1-11-10-22(12(2)23)16-7-13(5-6-19(16)28-11)29(24,25)21-15-8-14(20)17(26-3)9-18(15)27-4/h5-9,11,21H,10H2,1-4H3/t11-/m1/s1. The first-order valence-electron chi connectivity index (χ1n) is 8.69. The minimum absolute atomic E-state index is 0.0339. The summed E-state index contributed by atoms with van der Waals surface area (Å²) in [4.78, 5) is 14.5. The second-order valence-corrected chi connectivity index (χ2v) is 10.1. The third-order valence-corrected chi connectivity index (χ3v) is 7.21. The Bertz CT molecular complexity index is 1060. The number of fused-ring (bicyclic) bond motifs is 1. The summed E-state index contributed by atoms with van der Waals surface area (Å²) in [5.74, 6) is 0.496. The van der Waals surface area contributed by atoms with Gasteiger partial charge >= 0.3 is 0 Å². The summed E-state index contributed by atoms with van der Waals surface area (Å²) >= 11 is 7.74. The Morgan fingerprint density at radius 3 is 2.52 bits per heavy atom. The van der Waals surface area contributed by atoms with Crippen molar-refractivity contribution in [1.29, 1.82) is 0 Å². The lowest BCUT2D eigenvalue weighted by Crippen LogP contribution is -2.37. The Hall–Kier alpha value is -2.10. The molecule has 2 aromatic rings. The third-order valence-electron chi connectivity index (χ3n) is 4.40. The van der Waals surface area contributed by atoms with E-state index < -0.39 is 10.0 Å². The van der Waals surface area contributed by atoms with Crippen LogP contribution in [0.2, 0.25) is 5.02 Å². The first-order valence-corrected chi connectivity index (χ1v) is 11.4. The summed E-state index contributed by atoms with van der Waals surface area (Å²) < 4.78 is 38.9. The highest BCUT2D eigenvalue weighted by molar-refractivity contribution is 8.00. The number of anilines is 2. The van der Waals surface area contributed by atoms with Crippen molar-refractivity contribution in [3.8, 4) is 11.5 Å². The number of carbonyl (C=O) groups is 1. The van der Waals surface area contributed by atoms with Gasteiger partial charge in [-0.05, 0) is 24.3 Å². The molecule has 0 saturated heterocycles. The number of hydrogen-bond donors (Lipinski definition) is 1. The number of rotatable bonds is 5. The molecular formula is C19H21ClN2O5S2. The van der Waals surface area contributed by atoms with E-state index in [1.807, 2.05) is 6.92 Å². The second-order valence-electron chi connectivity index (χ2n) is 6.48. The van der Waals surface area contributed by atoms with Gasteiger partial charge in [-0.15, -0.1) is 11.8 Å². The molecule has 0 saturated carbocycles. The zero-order chi connectivity index (χ0) is 21.3. The van der Waals surface area contributed by atoms with Crippen molar-refractivity contribution in [1.82, 2.24) is 0 Å². The molecule has 1 atom stereocenters. The van der Waals surface area contributed by atoms with E-state index in [4.69, 9.17) is 21.1 Å². The Balaban J connectivity index is 2.00. The largest absolute Gasteiger partial charge is 0.495 e. The molecule has 0 fully saturated rings. The van der Waals surface area contributed by atoms with Crippen molar-refractivity contribution in [3.63, 3.8) is 0 Å². The molecule has 0 spiro atoms. The van der Waals surface area contributed by atoms with E-state index in [9.17, 15) is 13.2 Å². The Kier molecular flexibility index (Phi) is 6.21. The van der Waals surface area contributed by atoms with E-state index in [0.29, 0.717) is 18.0 Å². The molecule has 7 nitrogen and oxygen atoms in total. The molecule has 3 rings (SSSR count). The van der Waals surface area contributed by atoms with Crippen molar-refractivity contribution >= 4 is 50.7 Å². The minimum atomic E-state index is -3.96. The molecule has 1 aliphatic rings. The van der Waals surface area contributed by atoms with Crippen LogP contribution in [0.5, 0.6) is 11.5 Å². The molecule has 0 unspecified atom stereocenters. The lowest BCUT2D eigenvalue weighted by atomic mass is 10.2. The van der Waals surface area contributed by atoms with E-state index in [-0.39, 0.29) is 32.5 Å². The predicted molar refractivity (Wildman–Crippen MR) is 115 cm³/mol. The maximum Gasteiger partial charge on any atom is 0.262 e. The van der Waals surface area contributed by atoms with Gasteiger partial charge in [0.1, 0.15) is 11.5 Å². The maximum atomic E-state index is 13.0. The maximum absolute atomic E-state index is 13.0. The summed E-state index contributed by atoms with van der Waals surface area (Å²) in [5, 5.41) is 0.460. The topological polar surface area (TPSA) is 84.9 Å². The zero-order valence-corrected chi connectivity index (χ0v) is 18.7. The van der Waals surface area contributed by atoms with E-state index in [1.165, 1.54) is 45.4 Å². The quantitative estimate of drug-likeness (QED) is 0.731. The fourth-order valence-corrected chi connectivity index (χ4v) is 5.44. The van der Waals surface area contributed by atoms with Crippen molar-refractivity contribution in [2.45, 2.75) is 28.9 Å². The number of sulfonamides is 1. The number of thioether (sulfide) groups is 1. The summed E-state index contributed by atoms with van der Waals surface area (Å²) in [6.45, 7) is 4.01. The number of methoxy groups -OCH3 is 2. The number of nitrogens with one attached hydrogen (secondary N) is 1.